The molecule has 1 N–H and O–H groups in total. The molecule has 1 amide bonds. The van der Waals surface area contributed by atoms with Gasteiger partial charge in [0.1, 0.15) is 18.9 Å². The van der Waals surface area contributed by atoms with Gasteiger partial charge in [-0.25, -0.2) is 9.03 Å². The Labute approximate surface area is 243 Å². The number of carbonyl (C=O) groups is 2. The number of Topliss-reactive ketones (excluding diaryl/α,β-unsaturated/α-hetero) is 1. The van der Waals surface area contributed by atoms with Crippen LogP contribution in [0, 0.1) is 5.92 Å². The molecule has 0 bridgehead atoms. The van der Waals surface area contributed by atoms with Gasteiger partial charge in [-0.3, -0.25) is 9.59 Å². The van der Waals surface area contributed by atoms with Crippen molar-refractivity contribution in [3.05, 3.63) is 95.6 Å². The second-order valence-electron chi connectivity index (χ2n) is 7.95. The average molecular weight is 505 g/mol. The zero-order chi connectivity index (χ0) is 23.4. The van der Waals surface area contributed by atoms with Crippen LogP contribution in [-0.4, -0.2) is 26.7 Å². The van der Waals surface area contributed by atoms with E-state index in [9.17, 15) is 18.0 Å². The van der Waals surface area contributed by atoms with Crippen molar-refractivity contribution in [2.24, 2.45) is 5.92 Å². The fourth-order valence-corrected chi connectivity index (χ4v) is 4.90. The first-order valence-corrected chi connectivity index (χ1v) is 12.0. The van der Waals surface area contributed by atoms with E-state index in [1.807, 2.05) is 60.2 Å². The van der Waals surface area contributed by atoms with Crippen molar-refractivity contribution in [2.45, 2.75) is 20.0 Å². The molecule has 7 nitrogen and oxygen atoms in total. The van der Waals surface area contributed by atoms with Crippen molar-refractivity contribution in [1.82, 2.24) is 4.72 Å². The van der Waals surface area contributed by atoms with E-state index in [0.717, 1.165) is 15.4 Å². The zero-order valence-electron chi connectivity index (χ0n) is 20.1. The molecule has 1 heterocycles. The Morgan fingerprint density at radius 1 is 1.03 bits per heavy atom. The van der Waals surface area contributed by atoms with Gasteiger partial charge in [0.15, 0.2) is 5.78 Å². The summed E-state index contributed by atoms with van der Waals surface area (Å²) >= 11 is 0. The van der Waals surface area contributed by atoms with Gasteiger partial charge in [-0.05, 0) is 29.7 Å². The molecule has 0 spiro atoms. The molecule has 172 valence electrons. The molecule has 3 aromatic rings. The molecule has 1 unspecified atom stereocenters. The number of carbonyl (C=O) groups excluding carboxylic acids is 2. The quantitative estimate of drug-likeness (QED) is 0.359. The number of rotatable bonds is 8. The summed E-state index contributed by atoms with van der Waals surface area (Å²) in [6, 6.07) is 23.7. The molecule has 1 saturated heterocycles. The fourth-order valence-electron chi connectivity index (χ4n) is 3.74. The third kappa shape index (κ3) is 6.35. The zero-order valence-corrected chi connectivity index (χ0v) is 23.0. The van der Waals surface area contributed by atoms with Gasteiger partial charge in [0.05, 0.1) is 5.69 Å². The summed E-state index contributed by atoms with van der Waals surface area (Å²) in [5.41, 5.74) is 2.67. The molecular weight excluding hydrogens is 479 g/mol. The minimum Gasteiger partial charge on any atom is -1.00 e. The Bertz CT molecular complexity index is 1270. The maximum atomic E-state index is 12.8. The predicted octanol–water partition coefficient (Wildman–Crippen LogP) is 0.625. The Morgan fingerprint density at radius 2 is 1.68 bits per heavy atom. The third-order valence-corrected chi connectivity index (χ3v) is 6.79. The number of hydrogen-bond acceptors (Lipinski definition) is 5. The summed E-state index contributed by atoms with van der Waals surface area (Å²) in [4.78, 5) is 24.5. The van der Waals surface area contributed by atoms with Crippen LogP contribution in [0.2, 0.25) is 0 Å². The van der Waals surface area contributed by atoms with Gasteiger partial charge in [0, 0.05) is 11.5 Å². The normalized spacial score (nSPS) is 15.2. The van der Waals surface area contributed by atoms with E-state index in [1.54, 1.807) is 30.3 Å². The Kier molecular flexibility index (Phi) is 9.08. The van der Waals surface area contributed by atoms with Gasteiger partial charge >= 0.3 is 61.6 Å². The first-order chi connectivity index (χ1) is 15.8. The second kappa shape index (κ2) is 11.6. The van der Waals surface area contributed by atoms with Crippen LogP contribution in [-0.2, 0) is 28.0 Å². The summed E-state index contributed by atoms with van der Waals surface area (Å²) in [5, 5.41) is 0. The standard InChI is InChI=1S/C25H24N2O5S.K.H/c1-18(25(29)21-10-6-3-7-11-21)14-20-12-13-22(27-16-24(28)26-33(27,30)31)23(15-20)32-17-19-8-4-2-5-9-19;;/h2-13,15,18H,14,16-17H2,1H3,(H,26,28);;/q;+1;-1. The molecule has 3 aromatic carbocycles. The summed E-state index contributed by atoms with van der Waals surface area (Å²) in [6.07, 6.45) is 0.458. The number of ketones is 1. The van der Waals surface area contributed by atoms with Crippen molar-refractivity contribution in [1.29, 1.82) is 0 Å². The minimum atomic E-state index is -3.98. The van der Waals surface area contributed by atoms with Crippen LogP contribution in [0.1, 0.15) is 29.8 Å². The van der Waals surface area contributed by atoms with E-state index in [2.05, 4.69) is 0 Å². The SMILES string of the molecule is CC(Cc1ccc(N2CC(=O)NS2(=O)=O)c(OCc2ccccc2)c1)C(=O)c1ccccc1.[H-].[K+]. The number of ether oxygens (including phenoxy) is 1. The predicted molar refractivity (Wildman–Crippen MR) is 126 cm³/mol. The van der Waals surface area contributed by atoms with Crippen molar-refractivity contribution >= 4 is 27.6 Å². The first-order valence-electron chi connectivity index (χ1n) is 10.6. The van der Waals surface area contributed by atoms with Crippen LogP contribution in [0.15, 0.2) is 78.9 Å². The van der Waals surface area contributed by atoms with Gasteiger partial charge in [-0.15, -0.1) is 0 Å². The molecule has 1 aliphatic rings. The van der Waals surface area contributed by atoms with Crippen molar-refractivity contribution in [2.75, 3.05) is 10.8 Å². The van der Waals surface area contributed by atoms with Gasteiger partial charge in [0.25, 0.3) is 5.91 Å². The topological polar surface area (TPSA) is 92.8 Å². The van der Waals surface area contributed by atoms with Crippen molar-refractivity contribution in [3.8, 4) is 5.75 Å². The maximum Gasteiger partial charge on any atom is 1.00 e. The molecule has 1 aliphatic heterocycles. The fraction of sp³-hybridized carbons (Fsp3) is 0.200. The number of nitrogens with zero attached hydrogens (tertiary/aromatic N) is 1. The van der Waals surface area contributed by atoms with Gasteiger partial charge in [-0.2, -0.15) is 8.42 Å². The molecule has 0 aliphatic carbocycles. The van der Waals surface area contributed by atoms with Crippen molar-refractivity contribution in [3.63, 3.8) is 0 Å². The smallest absolute Gasteiger partial charge is 1.00 e. The Morgan fingerprint density at radius 3 is 2.29 bits per heavy atom. The van der Waals surface area contributed by atoms with Crippen LogP contribution >= 0.6 is 0 Å². The monoisotopic (exact) mass is 504 g/mol. The van der Waals surface area contributed by atoms with Gasteiger partial charge in [0.2, 0.25) is 0 Å². The second-order valence-corrected chi connectivity index (χ2v) is 9.54. The van der Waals surface area contributed by atoms with Crippen molar-refractivity contribution < 1.29 is 75.6 Å². The summed E-state index contributed by atoms with van der Waals surface area (Å²) < 4.78 is 33.8. The number of anilines is 1. The molecular formula is C25H25KN2O5S. The van der Waals surface area contributed by atoms with Crippen LogP contribution in [0.25, 0.3) is 0 Å². The number of amides is 1. The van der Waals surface area contributed by atoms with E-state index in [4.69, 9.17) is 4.74 Å². The number of hydrogen-bond donors (Lipinski definition) is 1. The summed E-state index contributed by atoms with van der Waals surface area (Å²) in [7, 11) is -3.98. The molecule has 1 atom stereocenters. The third-order valence-electron chi connectivity index (χ3n) is 5.40. The van der Waals surface area contributed by atoms with Crippen LogP contribution in [0.4, 0.5) is 5.69 Å². The largest absolute Gasteiger partial charge is 1.00 e. The Balaban J connectivity index is 0.00000216. The summed E-state index contributed by atoms with van der Waals surface area (Å²) in [5.74, 6) is -0.520. The number of benzene rings is 3. The van der Waals surface area contributed by atoms with E-state index in [-0.39, 0.29) is 83.4 Å². The van der Waals surface area contributed by atoms with Gasteiger partial charge in [-0.1, -0.05) is 73.7 Å². The van der Waals surface area contributed by atoms with Crippen LogP contribution in [0.5, 0.6) is 5.75 Å². The molecule has 4 rings (SSSR count). The molecule has 0 saturated carbocycles. The molecule has 0 aromatic heterocycles. The average Bonchev–Trinajstić information content (AvgIpc) is 3.10. The maximum absolute atomic E-state index is 12.8. The van der Waals surface area contributed by atoms with Gasteiger partial charge < -0.3 is 6.16 Å². The van der Waals surface area contributed by atoms with Crippen LogP contribution < -0.4 is 65.1 Å². The molecule has 1 fully saturated rings. The Hall–Kier alpha value is -2.01. The van der Waals surface area contributed by atoms with E-state index in [1.165, 1.54) is 0 Å². The summed E-state index contributed by atoms with van der Waals surface area (Å²) in [6.45, 7) is 1.78. The number of nitrogens with one attached hydrogen (secondary N) is 1. The molecule has 9 heteroatoms. The van der Waals surface area contributed by atoms with E-state index < -0.39 is 16.1 Å². The first kappa shape index (κ1) is 26.6. The molecule has 34 heavy (non-hydrogen) atoms. The van der Waals surface area contributed by atoms with Crippen LogP contribution in [0.3, 0.4) is 0 Å². The minimum absolute atomic E-state index is 0. The van der Waals surface area contributed by atoms with E-state index in [0.29, 0.717) is 17.7 Å². The molecule has 0 radical (unpaired) electrons. The van der Waals surface area contributed by atoms with E-state index >= 15 is 0 Å².